The van der Waals surface area contributed by atoms with Gasteiger partial charge in [0.2, 0.25) is 5.89 Å². The van der Waals surface area contributed by atoms with Crippen molar-refractivity contribution >= 4 is 11.4 Å². The second-order valence-corrected chi connectivity index (χ2v) is 5.28. The van der Waals surface area contributed by atoms with Gasteiger partial charge in [-0.1, -0.05) is 5.16 Å². The Kier molecular flexibility index (Phi) is 3.46. The fourth-order valence-corrected chi connectivity index (χ4v) is 2.52. The van der Waals surface area contributed by atoms with Crippen molar-refractivity contribution in [2.75, 3.05) is 29.9 Å². The fourth-order valence-electron chi connectivity index (χ4n) is 2.52. The quantitative estimate of drug-likeness (QED) is 0.853. The summed E-state index contributed by atoms with van der Waals surface area (Å²) in [7, 11) is 1.78. The Morgan fingerprint density at radius 3 is 2.64 bits per heavy atom. The van der Waals surface area contributed by atoms with Gasteiger partial charge >= 0.3 is 6.18 Å². The van der Waals surface area contributed by atoms with Gasteiger partial charge in [-0.2, -0.15) is 18.2 Å². The van der Waals surface area contributed by atoms with E-state index in [1.165, 1.54) is 12.1 Å². The van der Waals surface area contributed by atoms with Gasteiger partial charge in [0, 0.05) is 20.1 Å². The van der Waals surface area contributed by atoms with Gasteiger partial charge in [0.1, 0.15) is 0 Å². The molecule has 0 fully saturated rings. The zero-order valence-corrected chi connectivity index (χ0v) is 12.2. The minimum absolute atomic E-state index is 0.382. The molecule has 0 saturated heterocycles. The van der Waals surface area contributed by atoms with Crippen LogP contribution in [0.1, 0.15) is 17.3 Å². The lowest BCUT2D eigenvalue weighted by Crippen LogP contribution is -2.39. The van der Waals surface area contributed by atoms with Crippen LogP contribution in [-0.4, -0.2) is 30.3 Å². The number of likely N-dealkylation sites (N-methyl/N-ethyl adjacent to an activating group) is 1. The van der Waals surface area contributed by atoms with Crippen LogP contribution in [0.15, 0.2) is 22.7 Å². The van der Waals surface area contributed by atoms with E-state index < -0.39 is 11.7 Å². The van der Waals surface area contributed by atoms with Crippen LogP contribution in [0.3, 0.4) is 0 Å². The van der Waals surface area contributed by atoms with Crippen LogP contribution >= 0.6 is 0 Å². The van der Waals surface area contributed by atoms with Crippen LogP contribution in [0.2, 0.25) is 0 Å². The monoisotopic (exact) mass is 312 g/mol. The number of rotatable bonds is 2. The molecule has 0 radical (unpaired) electrons. The number of alkyl halides is 3. The zero-order valence-electron chi connectivity index (χ0n) is 12.2. The standard InChI is InChI=1S/C14H15F3N4O/c1-9-18-13(22-19-9)8-21-6-5-20(2)12-7-10(14(15,16)17)3-4-11(12)21/h3-4,7H,5-6,8H2,1-2H3. The van der Waals surface area contributed by atoms with E-state index in [-0.39, 0.29) is 0 Å². The number of fused-ring (bicyclic) bond motifs is 1. The third-order valence-corrected chi connectivity index (χ3v) is 3.66. The van der Waals surface area contributed by atoms with Crippen molar-refractivity contribution in [3.8, 4) is 0 Å². The number of halogens is 3. The summed E-state index contributed by atoms with van der Waals surface area (Å²) in [6, 6.07) is 3.78. The molecule has 0 bridgehead atoms. The lowest BCUT2D eigenvalue weighted by Gasteiger charge is -2.36. The first-order valence-corrected chi connectivity index (χ1v) is 6.81. The molecule has 1 aromatic carbocycles. The molecule has 1 aliphatic rings. The molecule has 2 aromatic rings. The minimum Gasteiger partial charge on any atom is -0.371 e. The molecule has 0 atom stereocenters. The van der Waals surface area contributed by atoms with Gasteiger partial charge in [-0.25, -0.2) is 0 Å². The number of aromatic nitrogens is 2. The molecule has 0 aliphatic carbocycles. The first-order chi connectivity index (χ1) is 10.3. The van der Waals surface area contributed by atoms with Gasteiger partial charge in [0.05, 0.1) is 23.5 Å². The van der Waals surface area contributed by atoms with E-state index >= 15 is 0 Å². The maximum atomic E-state index is 12.9. The molecule has 0 spiro atoms. The molecular formula is C14H15F3N4O. The molecule has 1 aliphatic heterocycles. The highest BCUT2D eigenvalue weighted by molar-refractivity contribution is 5.74. The van der Waals surface area contributed by atoms with E-state index in [0.29, 0.717) is 37.0 Å². The fraction of sp³-hybridized carbons (Fsp3) is 0.429. The SMILES string of the molecule is Cc1noc(CN2CCN(C)c3cc(C(F)(F)F)ccc32)n1. The summed E-state index contributed by atoms with van der Waals surface area (Å²) >= 11 is 0. The summed E-state index contributed by atoms with van der Waals surface area (Å²) in [4.78, 5) is 7.91. The van der Waals surface area contributed by atoms with Crippen molar-refractivity contribution < 1.29 is 17.7 Å². The Labute approximate surface area is 125 Å². The van der Waals surface area contributed by atoms with Crippen molar-refractivity contribution in [2.24, 2.45) is 0 Å². The van der Waals surface area contributed by atoms with Crippen LogP contribution in [0, 0.1) is 6.92 Å². The van der Waals surface area contributed by atoms with Gasteiger partial charge < -0.3 is 14.3 Å². The molecule has 22 heavy (non-hydrogen) atoms. The van der Waals surface area contributed by atoms with Gasteiger partial charge in [-0.05, 0) is 25.1 Å². The topological polar surface area (TPSA) is 45.4 Å². The molecule has 0 amide bonds. The Morgan fingerprint density at radius 2 is 2.00 bits per heavy atom. The second kappa shape index (κ2) is 5.19. The second-order valence-electron chi connectivity index (χ2n) is 5.28. The normalized spacial score (nSPS) is 15.1. The number of nitrogens with zero attached hydrogens (tertiary/aromatic N) is 4. The van der Waals surface area contributed by atoms with Crippen LogP contribution in [0.5, 0.6) is 0 Å². The van der Waals surface area contributed by atoms with Crippen LogP contribution < -0.4 is 9.80 Å². The summed E-state index contributed by atoms with van der Waals surface area (Å²) < 4.78 is 43.7. The predicted molar refractivity (Wildman–Crippen MR) is 74.8 cm³/mol. The highest BCUT2D eigenvalue weighted by Crippen LogP contribution is 2.38. The molecular weight excluding hydrogens is 297 g/mol. The van der Waals surface area contributed by atoms with Gasteiger partial charge in [0.25, 0.3) is 0 Å². The maximum absolute atomic E-state index is 12.9. The van der Waals surface area contributed by atoms with Crippen molar-refractivity contribution in [1.82, 2.24) is 10.1 Å². The van der Waals surface area contributed by atoms with Gasteiger partial charge in [0.15, 0.2) is 5.82 Å². The van der Waals surface area contributed by atoms with Crippen LogP contribution in [-0.2, 0) is 12.7 Å². The van der Waals surface area contributed by atoms with E-state index in [4.69, 9.17) is 4.52 Å². The molecule has 0 saturated carbocycles. The molecule has 0 unspecified atom stereocenters. The van der Waals surface area contributed by atoms with Gasteiger partial charge in [-0.3, -0.25) is 0 Å². The minimum atomic E-state index is -4.35. The number of hydrogen-bond donors (Lipinski definition) is 0. The van der Waals surface area contributed by atoms with Gasteiger partial charge in [-0.15, -0.1) is 0 Å². The summed E-state index contributed by atoms with van der Waals surface area (Å²) in [5.41, 5.74) is 0.642. The van der Waals surface area contributed by atoms with E-state index in [2.05, 4.69) is 10.1 Å². The van der Waals surface area contributed by atoms with Crippen molar-refractivity contribution in [2.45, 2.75) is 19.6 Å². The van der Waals surface area contributed by atoms with E-state index in [9.17, 15) is 13.2 Å². The number of hydrogen-bond acceptors (Lipinski definition) is 5. The smallest absolute Gasteiger partial charge is 0.371 e. The van der Waals surface area contributed by atoms with Crippen molar-refractivity contribution in [1.29, 1.82) is 0 Å². The number of benzene rings is 1. The predicted octanol–water partition coefficient (Wildman–Crippen LogP) is 2.85. The lowest BCUT2D eigenvalue weighted by molar-refractivity contribution is -0.137. The number of aryl methyl sites for hydroxylation is 1. The third kappa shape index (κ3) is 2.72. The average molecular weight is 312 g/mol. The highest BCUT2D eigenvalue weighted by Gasteiger charge is 2.33. The molecule has 3 rings (SSSR count). The van der Waals surface area contributed by atoms with Crippen molar-refractivity contribution in [3.63, 3.8) is 0 Å². The summed E-state index contributed by atoms with van der Waals surface area (Å²) in [6.45, 7) is 3.41. The van der Waals surface area contributed by atoms with E-state index in [0.717, 1.165) is 11.8 Å². The number of anilines is 2. The average Bonchev–Trinajstić information content (AvgIpc) is 2.86. The van der Waals surface area contributed by atoms with Crippen LogP contribution in [0.25, 0.3) is 0 Å². The molecule has 1 aromatic heterocycles. The summed E-state index contributed by atoms with van der Waals surface area (Å²) in [5.74, 6) is 0.990. The third-order valence-electron chi connectivity index (χ3n) is 3.66. The first-order valence-electron chi connectivity index (χ1n) is 6.81. The summed E-state index contributed by atoms with van der Waals surface area (Å²) in [5, 5.41) is 3.73. The van der Waals surface area contributed by atoms with Crippen molar-refractivity contribution in [3.05, 3.63) is 35.5 Å². The molecule has 2 heterocycles. The molecule has 0 N–H and O–H groups in total. The Morgan fingerprint density at radius 1 is 1.23 bits per heavy atom. The van der Waals surface area contributed by atoms with E-state index in [1.807, 2.05) is 9.80 Å². The molecule has 8 heteroatoms. The largest absolute Gasteiger partial charge is 0.416 e. The highest BCUT2D eigenvalue weighted by atomic mass is 19.4. The lowest BCUT2D eigenvalue weighted by atomic mass is 10.1. The maximum Gasteiger partial charge on any atom is 0.416 e. The Bertz CT molecular complexity index is 683. The Balaban J connectivity index is 1.93. The van der Waals surface area contributed by atoms with E-state index in [1.54, 1.807) is 14.0 Å². The molecule has 5 nitrogen and oxygen atoms in total. The summed E-state index contributed by atoms with van der Waals surface area (Å²) in [6.07, 6.45) is -4.35. The van der Waals surface area contributed by atoms with Crippen LogP contribution in [0.4, 0.5) is 24.5 Å². The zero-order chi connectivity index (χ0) is 15.9. The Hall–Kier alpha value is -2.25. The first kappa shape index (κ1) is 14.7. The molecule has 118 valence electrons.